The van der Waals surface area contributed by atoms with Crippen molar-refractivity contribution in [2.45, 2.75) is 53.0 Å². The monoisotopic (exact) mass is 233 g/mol. The van der Waals surface area contributed by atoms with Crippen LogP contribution in [0.25, 0.3) is 0 Å². The van der Waals surface area contributed by atoms with E-state index in [2.05, 4.69) is 63.3 Å². The predicted octanol–water partition coefficient (Wildman–Crippen LogP) is 4.03. The number of hydrogen-bond donors (Lipinski definition) is 1. The van der Waals surface area contributed by atoms with Crippen LogP contribution in [0, 0.1) is 5.41 Å². The smallest absolute Gasteiger partial charge is 0.00390 e. The molecule has 0 radical (unpaired) electrons. The molecule has 17 heavy (non-hydrogen) atoms. The van der Waals surface area contributed by atoms with Gasteiger partial charge in [0.1, 0.15) is 0 Å². The van der Waals surface area contributed by atoms with Crippen LogP contribution in [-0.4, -0.2) is 12.6 Å². The molecule has 1 nitrogen and oxygen atoms in total. The van der Waals surface area contributed by atoms with E-state index >= 15 is 0 Å². The Balaban J connectivity index is 2.14. The van der Waals surface area contributed by atoms with Crippen molar-refractivity contribution in [3.8, 4) is 0 Å². The first-order valence-electron chi connectivity index (χ1n) is 6.75. The van der Waals surface area contributed by atoms with Crippen LogP contribution in [0.15, 0.2) is 30.3 Å². The van der Waals surface area contributed by atoms with Crippen molar-refractivity contribution >= 4 is 0 Å². The molecule has 0 aromatic heterocycles. The van der Waals surface area contributed by atoms with Crippen LogP contribution in [-0.2, 0) is 6.42 Å². The zero-order chi connectivity index (χ0) is 12.7. The molecule has 0 bridgehead atoms. The number of nitrogens with one attached hydrogen (secondary N) is 1. The molecule has 0 spiro atoms. The molecule has 0 saturated heterocycles. The minimum absolute atomic E-state index is 0.454. The molecule has 0 heterocycles. The van der Waals surface area contributed by atoms with Crippen molar-refractivity contribution in [3.05, 3.63) is 35.9 Å². The Hall–Kier alpha value is -0.820. The minimum atomic E-state index is 0.454. The van der Waals surface area contributed by atoms with Crippen molar-refractivity contribution in [2.75, 3.05) is 6.54 Å². The van der Waals surface area contributed by atoms with Crippen molar-refractivity contribution in [1.82, 2.24) is 5.32 Å². The van der Waals surface area contributed by atoms with Gasteiger partial charge in [0.15, 0.2) is 0 Å². The van der Waals surface area contributed by atoms with Gasteiger partial charge in [0, 0.05) is 6.04 Å². The van der Waals surface area contributed by atoms with Gasteiger partial charge in [0.25, 0.3) is 0 Å². The largest absolute Gasteiger partial charge is 0.314 e. The third kappa shape index (κ3) is 7.17. The van der Waals surface area contributed by atoms with Crippen molar-refractivity contribution in [3.63, 3.8) is 0 Å². The summed E-state index contributed by atoms with van der Waals surface area (Å²) in [5, 5.41) is 3.60. The predicted molar refractivity (Wildman–Crippen MR) is 76.3 cm³/mol. The molecule has 0 saturated carbocycles. The lowest BCUT2D eigenvalue weighted by atomic mass is 9.89. The van der Waals surface area contributed by atoms with Crippen LogP contribution < -0.4 is 5.32 Å². The van der Waals surface area contributed by atoms with E-state index in [1.807, 2.05) is 0 Å². The van der Waals surface area contributed by atoms with E-state index in [1.54, 1.807) is 0 Å². The second-order valence-corrected chi connectivity index (χ2v) is 6.19. The molecule has 0 aliphatic carbocycles. The van der Waals surface area contributed by atoms with E-state index in [-0.39, 0.29) is 0 Å². The number of rotatable bonds is 6. The fourth-order valence-corrected chi connectivity index (χ4v) is 1.86. The van der Waals surface area contributed by atoms with E-state index < -0.39 is 0 Å². The Kier molecular flexibility index (Phi) is 5.70. The Labute approximate surface area is 107 Å². The first kappa shape index (κ1) is 14.2. The maximum Gasteiger partial charge on any atom is 0.00390 e. The second-order valence-electron chi connectivity index (χ2n) is 6.19. The summed E-state index contributed by atoms with van der Waals surface area (Å²) in [4.78, 5) is 0. The highest BCUT2D eigenvalue weighted by Gasteiger charge is 2.11. The molecular formula is C16H27N. The highest BCUT2D eigenvalue weighted by atomic mass is 14.9. The van der Waals surface area contributed by atoms with Gasteiger partial charge in [-0.1, -0.05) is 51.1 Å². The molecule has 0 amide bonds. The summed E-state index contributed by atoms with van der Waals surface area (Å²) in [6.45, 7) is 10.3. The Morgan fingerprint density at radius 3 is 2.35 bits per heavy atom. The minimum Gasteiger partial charge on any atom is -0.314 e. The molecule has 96 valence electrons. The van der Waals surface area contributed by atoms with Gasteiger partial charge in [-0.05, 0) is 43.7 Å². The average molecular weight is 233 g/mol. The molecule has 1 rings (SSSR count). The fourth-order valence-electron chi connectivity index (χ4n) is 1.86. The molecular weight excluding hydrogens is 206 g/mol. The lowest BCUT2D eigenvalue weighted by Crippen LogP contribution is -2.29. The fraction of sp³-hybridized carbons (Fsp3) is 0.625. The lowest BCUT2D eigenvalue weighted by Gasteiger charge is -2.21. The van der Waals surface area contributed by atoms with E-state index in [1.165, 1.54) is 18.4 Å². The maximum absolute atomic E-state index is 3.60. The van der Waals surface area contributed by atoms with E-state index in [9.17, 15) is 0 Å². The maximum atomic E-state index is 3.60. The van der Waals surface area contributed by atoms with Crippen LogP contribution in [0.4, 0.5) is 0 Å². The van der Waals surface area contributed by atoms with Crippen LogP contribution >= 0.6 is 0 Å². The molecule has 1 atom stereocenters. The SMILES string of the molecule is CC(CCC(C)(C)C)NCCc1ccccc1. The molecule has 0 aliphatic heterocycles. The molecule has 0 fully saturated rings. The third-order valence-corrected chi connectivity index (χ3v) is 3.08. The number of hydrogen-bond acceptors (Lipinski definition) is 1. The zero-order valence-electron chi connectivity index (χ0n) is 11.8. The van der Waals surface area contributed by atoms with Crippen molar-refractivity contribution in [1.29, 1.82) is 0 Å². The third-order valence-electron chi connectivity index (χ3n) is 3.08. The van der Waals surface area contributed by atoms with Gasteiger partial charge in [-0.3, -0.25) is 0 Å². The van der Waals surface area contributed by atoms with Crippen molar-refractivity contribution < 1.29 is 0 Å². The van der Waals surface area contributed by atoms with Gasteiger partial charge in [-0.2, -0.15) is 0 Å². The van der Waals surface area contributed by atoms with Crippen LogP contribution in [0.3, 0.4) is 0 Å². The zero-order valence-corrected chi connectivity index (χ0v) is 11.8. The Bertz CT molecular complexity index is 297. The molecule has 1 aromatic rings. The summed E-state index contributed by atoms with van der Waals surface area (Å²) in [5.41, 5.74) is 1.87. The van der Waals surface area contributed by atoms with E-state index in [0.717, 1.165) is 13.0 Å². The first-order valence-corrected chi connectivity index (χ1v) is 6.75. The highest BCUT2D eigenvalue weighted by Crippen LogP contribution is 2.21. The van der Waals surface area contributed by atoms with E-state index in [0.29, 0.717) is 11.5 Å². The molecule has 1 N–H and O–H groups in total. The van der Waals surface area contributed by atoms with Gasteiger partial charge >= 0.3 is 0 Å². The average Bonchev–Trinajstić information content (AvgIpc) is 2.27. The number of benzene rings is 1. The topological polar surface area (TPSA) is 12.0 Å². The summed E-state index contributed by atoms with van der Waals surface area (Å²) in [6, 6.07) is 11.3. The van der Waals surface area contributed by atoms with Crippen LogP contribution in [0.1, 0.15) is 46.1 Å². The summed E-state index contributed by atoms with van der Waals surface area (Å²) in [7, 11) is 0. The Morgan fingerprint density at radius 2 is 1.76 bits per heavy atom. The standard InChI is InChI=1S/C16H27N/c1-14(10-12-16(2,3)4)17-13-11-15-8-6-5-7-9-15/h5-9,14,17H,10-13H2,1-4H3. The van der Waals surface area contributed by atoms with Gasteiger partial charge < -0.3 is 5.32 Å². The first-order chi connectivity index (χ1) is 7.97. The van der Waals surface area contributed by atoms with Crippen LogP contribution in [0.2, 0.25) is 0 Å². The summed E-state index contributed by atoms with van der Waals surface area (Å²) in [5.74, 6) is 0. The van der Waals surface area contributed by atoms with Gasteiger partial charge in [-0.15, -0.1) is 0 Å². The van der Waals surface area contributed by atoms with Gasteiger partial charge in [0.2, 0.25) is 0 Å². The molecule has 1 unspecified atom stereocenters. The summed E-state index contributed by atoms with van der Waals surface area (Å²) < 4.78 is 0. The Morgan fingerprint density at radius 1 is 1.12 bits per heavy atom. The van der Waals surface area contributed by atoms with Gasteiger partial charge in [0.05, 0.1) is 0 Å². The lowest BCUT2D eigenvalue weighted by molar-refractivity contribution is 0.337. The molecule has 1 heteroatoms. The summed E-state index contributed by atoms with van der Waals surface area (Å²) >= 11 is 0. The second kappa shape index (κ2) is 6.80. The summed E-state index contributed by atoms with van der Waals surface area (Å²) in [6.07, 6.45) is 3.67. The molecule has 1 aromatic carbocycles. The highest BCUT2D eigenvalue weighted by molar-refractivity contribution is 5.14. The normalized spacial score (nSPS) is 13.6. The quantitative estimate of drug-likeness (QED) is 0.782. The van der Waals surface area contributed by atoms with Crippen molar-refractivity contribution in [2.24, 2.45) is 5.41 Å². The van der Waals surface area contributed by atoms with E-state index in [4.69, 9.17) is 0 Å². The van der Waals surface area contributed by atoms with Crippen LogP contribution in [0.5, 0.6) is 0 Å². The molecule has 0 aliphatic rings. The van der Waals surface area contributed by atoms with Gasteiger partial charge in [-0.25, -0.2) is 0 Å².